The molecule has 2 N–H and O–H groups in total. The number of hydrogen-bond acceptors (Lipinski definition) is 6. The number of amides is 1. The Kier molecular flexibility index (Phi) is 6.12. The van der Waals surface area contributed by atoms with Crippen molar-refractivity contribution in [1.82, 2.24) is 9.80 Å². The molecule has 1 atom stereocenters. The molecule has 1 fully saturated rings. The molecule has 0 spiro atoms. The predicted octanol–water partition coefficient (Wildman–Crippen LogP) is 2.69. The van der Waals surface area contributed by atoms with Gasteiger partial charge in [0, 0.05) is 18.7 Å². The molecule has 0 aliphatic carbocycles. The fraction of sp³-hybridized carbons (Fsp3) is 0.304. The van der Waals surface area contributed by atoms with Gasteiger partial charge < -0.3 is 24.7 Å². The van der Waals surface area contributed by atoms with E-state index >= 15 is 0 Å². The Hall–Kier alpha value is -3.32. The molecule has 3 rings (SSSR count). The lowest BCUT2D eigenvalue weighted by molar-refractivity contribution is -0.140. The summed E-state index contributed by atoms with van der Waals surface area (Å²) in [6.07, 6.45) is 0. The van der Waals surface area contributed by atoms with Crippen molar-refractivity contribution in [3.8, 4) is 11.5 Å². The van der Waals surface area contributed by atoms with E-state index < -0.39 is 17.7 Å². The van der Waals surface area contributed by atoms with Gasteiger partial charge in [-0.25, -0.2) is 0 Å². The highest BCUT2D eigenvalue weighted by Gasteiger charge is 2.45. The largest absolute Gasteiger partial charge is 0.508 e. The molecule has 0 aromatic heterocycles. The van der Waals surface area contributed by atoms with E-state index in [4.69, 9.17) is 4.74 Å². The highest BCUT2D eigenvalue weighted by molar-refractivity contribution is 6.46. The Bertz CT molecular complexity index is 995. The lowest BCUT2D eigenvalue weighted by atomic mass is 9.94. The van der Waals surface area contributed by atoms with Crippen LogP contribution in [0.25, 0.3) is 5.76 Å². The Labute approximate surface area is 175 Å². The van der Waals surface area contributed by atoms with E-state index in [0.717, 1.165) is 5.56 Å². The first-order valence-electron chi connectivity index (χ1n) is 9.61. The van der Waals surface area contributed by atoms with Crippen molar-refractivity contribution in [2.45, 2.75) is 13.0 Å². The maximum Gasteiger partial charge on any atom is 0.295 e. The number of likely N-dealkylation sites (N-methyl/N-ethyl adjacent to an activating group) is 1. The predicted molar refractivity (Wildman–Crippen MR) is 113 cm³/mol. The first kappa shape index (κ1) is 21.4. The number of rotatable bonds is 6. The van der Waals surface area contributed by atoms with Gasteiger partial charge in [-0.05, 0) is 62.5 Å². The van der Waals surface area contributed by atoms with Crippen molar-refractivity contribution in [2.24, 2.45) is 0 Å². The fourth-order valence-corrected chi connectivity index (χ4v) is 3.60. The maximum atomic E-state index is 12.9. The number of aromatic hydroxyl groups is 1. The van der Waals surface area contributed by atoms with Crippen LogP contribution in [0.2, 0.25) is 0 Å². The molecule has 1 aliphatic rings. The van der Waals surface area contributed by atoms with Crippen LogP contribution in [0.5, 0.6) is 11.5 Å². The standard InChI is InChI=1S/C23H26N2O5/c1-14-13-16(7-10-18(14)30-4)21(27)19-20(15-5-8-17(26)9-6-15)25(12-11-24(2)3)23(29)22(19)28/h5-10,13,20,26-27H,11-12H2,1-4H3/t20-/m0/s1. The minimum Gasteiger partial charge on any atom is -0.508 e. The highest BCUT2D eigenvalue weighted by Crippen LogP contribution is 2.40. The van der Waals surface area contributed by atoms with Crippen LogP contribution in [0.1, 0.15) is 22.7 Å². The number of methoxy groups -OCH3 is 1. The smallest absolute Gasteiger partial charge is 0.295 e. The number of carbonyl (C=O) groups is 2. The molecule has 2 aromatic rings. The number of benzene rings is 2. The molecule has 1 aliphatic heterocycles. The summed E-state index contributed by atoms with van der Waals surface area (Å²) in [4.78, 5) is 29.1. The molecule has 7 heteroatoms. The van der Waals surface area contributed by atoms with Gasteiger partial charge in [-0.15, -0.1) is 0 Å². The van der Waals surface area contributed by atoms with Gasteiger partial charge in [0.25, 0.3) is 11.7 Å². The number of phenols is 1. The van der Waals surface area contributed by atoms with E-state index in [9.17, 15) is 19.8 Å². The SMILES string of the molecule is COc1ccc(C(O)=C2C(=O)C(=O)N(CCN(C)C)[C@H]2c2ccc(O)cc2)cc1C. The summed E-state index contributed by atoms with van der Waals surface area (Å²) >= 11 is 0. The molecule has 1 saturated heterocycles. The molecule has 158 valence electrons. The van der Waals surface area contributed by atoms with Gasteiger partial charge in [-0.3, -0.25) is 9.59 Å². The zero-order valence-corrected chi connectivity index (χ0v) is 17.5. The second kappa shape index (κ2) is 8.59. The summed E-state index contributed by atoms with van der Waals surface area (Å²) in [5, 5.41) is 20.7. The van der Waals surface area contributed by atoms with Gasteiger partial charge in [0.15, 0.2) is 0 Å². The van der Waals surface area contributed by atoms with Crippen molar-refractivity contribution < 1.29 is 24.5 Å². The number of aliphatic hydroxyl groups is 1. The number of Topliss-reactive ketones (excluding diaryl/α,β-unsaturated/α-hetero) is 1. The number of nitrogens with zero attached hydrogens (tertiary/aromatic N) is 2. The third kappa shape index (κ3) is 4.02. The lowest BCUT2D eigenvalue weighted by Crippen LogP contribution is -2.35. The number of phenolic OH excluding ortho intramolecular Hbond substituents is 1. The number of ether oxygens (including phenoxy) is 1. The Morgan fingerprint density at radius 1 is 1.13 bits per heavy atom. The zero-order valence-electron chi connectivity index (χ0n) is 17.5. The van der Waals surface area contributed by atoms with Gasteiger partial charge in [0.2, 0.25) is 0 Å². The number of aliphatic hydroxyl groups excluding tert-OH is 1. The van der Waals surface area contributed by atoms with Crippen LogP contribution in [0, 0.1) is 6.92 Å². The molecular formula is C23H26N2O5. The average molecular weight is 410 g/mol. The molecule has 7 nitrogen and oxygen atoms in total. The van der Waals surface area contributed by atoms with Crippen molar-refractivity contribution >= 4 is 17.4 Å². The number of carbonyl (C=O) groups excluding carboxylic acids is 2. The van der Waals surface area contributed by atoms with E-state index in [2.05, 4.69) is 0 Å². The summed E-state index contributed by atoms with van der Waals surface area (Å²) in [5.41, 5.74) is 1.90. The van der Waals surface area contributed by atoms with Crippen LogP contribution < -0.4 is 4.74 Å². The second-order valence-electron chi connectivity index (χ2n) is 7.57. The normalized spacial score (nSPS) is 18.3. The molecule has 0 saturated carbocycles. The number of ketones is 1. The lowest BCUT2D eigenvalue weighted by Gasteiger charge is -2.26. The monoisotopic (exact) mass is 410 g/mol. The van der Waals surface area contributed by atoms with Crippen LogP contribution in [0.3, 0.4) is 0 Å². The van der Waals surface area contributed by atoms with E-state index in [0.29, 0.717) is 30.0 Å². The number of hydrogen-bond donors (Lipinski definition) is 2. The summed E-state index contributed by atoms with van der Waals surface area (Å²) in [6, 6.07) is 10.6. The van der Waals surface area contributed by atoms with Gasteiger partial charge in [0.1, 0.15) is 17.3 Å². The molecule has 2 aromatic carbocycles. The van der Waals surface area contributed by atoms with Gasteiger partial charge in [-0.2, -0.15) is 0 Å². The minimum atomic E-state index is -0.743. The molecule has 1 amide bonds. The van der Waals surface area contributed by atoms with E-state index in [-0.39, 0.29) is 17.1 Å². The summed E-state index contributed by atoms with van der Waals surface area (Å²) in [7, 11) is 5.32. The first-order valence-corrected chi connectivity index (χ1v) is 9.61. The van der Waals surface area contributed by atoms with Crippen LogP contribution in [-0.4, -0.2) is 66.0 Å². The molecular weight excluding hydrogens is 384 g/mol. The van der Waals surface area contributed by atoms with Crippen molar-refractivity contribution in [2.75, 3.05) is 34.3 Å². The average Bonchev–Trinajstić information content (AvgIpc) is 2.96. The molecule has 0 radical (unpaired) electrons. The van der Waals surface area contributed by atoms with Crippen molar-refractivity contribution in [1.29, 1.82) is 0 Å². The third-order valence-corrected chi connectivity index (χ3v) is 5.21. The Morgan fingerprint density at radius 3 is 2.37 bits per heavy atom. The topological polar surface area (TPSA) is 90.3 Å². The quantitative estimate of drug-likeness (QED) is 0.432. The molecule has 1 heterocycles. The summed E-state index contributed by atoms with van der Waals surface area (Å²) in [6.45, 7) is 2.72. The van der Waals surface area contributed by atoms with E-state index in [1.165, 1.54) is 17.0 Å². The zero-order chi connectivity index (χ0) is 22.0. The number of aryl methyl sites for hydroxylation is 1. The van der Waals surface area contributed by atoms with Gasteiger partial charge >= 0.3 is 0 Å². The van der Waals surface area contributed by atoms with Crippen molar-refractivity contribution in [3.63, 3.8) is 0 Å². The van der Waals surface area contributed by atoms with E-state index in [1.807, 2.05) is 25.9 Å². The molecule has 0 unspecified atom stereocenters. The second-order valence-corrected chi connectivity index (χ2v) is 7.57. The first-order chi connectivity index (χ1) is 14.2. The van der Waals surface area contributed by atoms with Gasteiger partial charge in [0.05, 0.1) is 18.7 Å². The Balaban J connectivity index is 2.14. The van der Waals surface area contributed by atoms with Crippen LogP contribution in [-0.2, 0) is 9.59 Å². The summed E-state index contributed by atoms with van der Waals surface area (Å²) < 4.78 is 5.26. The molecule has 0 bridgehead atoms. The van der Waals surface area contributed by atoms with Crippen LogP contribution in [0.15, 0.2) is 48.0 Å². The molecule has 30 heavy (non-hydrogen) atoms. The van der Waals surface area contributed by atoms with Crippen molar-refractivity contribution in [3.05, 3.63) is 64.7 Å². The third-order valence-electron chi connectivity index (χ3n) is 5.21. The highest BCUT2D eigenvalue weighted by atomic mass is 16.5. The van der Waals surface area contributed by atoms with E-state index in [1.54, 1.807) is 37.4 Å². The summed E-state index contributed by atoms with van der Waals surface area (Å²) in [5.74, 6) is -0.869. The fourth-order valence-electron chi connectivity index (χ4n) is 3.60. The Morgan fingerprint density at radius 2 is 1.80 bits per heavy atom. The van der Waals surface area contributed by atoms with Crippen LogP contribution in [0.4, 0.5) is 0 Å². The van der Waals surface area contributed by atoms with Gasteiger partial charge in [-0.1, -0.05) is 12.1 Å². The number of likely N-dealkylation sites (tertiary alicyclic amines) is 1. The van der Waals surface area contributed by atoms with Crippen LogP contribution >= 0.6 is 0 Å². The minimum absolute atomic E-state index is 0.0361. The maximum absolute atomic E-state index is 12.9.